The zero-order valence-corrected chi connectivity index (χ0v) is 15.8. The lowest BCUT2D eigenvalue weighted by Gasteiger charge is -2.26. The summed E-state index contributed by atoms with van der Waals surface area (Å²) in [6, 6.07) is 7.93. The summed E-state index contributed by atoms with van der Waals surface area (Å²) in [7, 11) is 0. The molecule has 1 aromatic heterocycles. The van der Waals surface area contributed by atoms with E-state index < -0.39 is 5.38 Å². The van der Waals surface area contributed by atoms with Crippen molar-refractivity contribution in [2.45, 2.75) is 43.0 Å². The molecular formula is C16H20ClN3OS2. The second-order valence-electron chi connectivity index (χ2n) is 4.95. The molecule has 1 atom stereocenters. The minimum absolute atomic E-state index is 0.0871. The Labute approximate surface area is 150 Å². The molecule has 1 unspecified atom stereocenters. The van der Waals surface area contributed by atoms with Gasteiger partial charge in [0.15, 0.2) is 4.34 Å². The molecule has 2 aromatic rings. The Morgan fingerprint density at radius 3 is 2.70 bits per heavy atom. The van der Waals surface area contributed by atoms with Crippen molar-refractivity contribution in [1.82, 2.24) is 10.2 Å². The van der Waals surface area contributed by atoms with Crippen molar-refractivity contribution in [1.29, 1.82) is 0 Å². The van der Waals surface area contributed by atoms with Gasteiger partial charge in [-0.1, -0.05) is 55.1 Å². The first-order valence-electron chi connectivity index (χ1n) is 7.50. The van der Waals surface area contributed by atoms with Gasteiger partial charge >= 0.3 is 0 Å². The van der Waals surface area contributed by atoms with Crippen LogP contribution < -0.4 is 4.90 Å². The Balaban J connectivity index is 2.36. The third kappa shape index (κ3) is 4.46. The Morgan fingerprint density at radius 1 is 1.35 bits per heavy atom. The maximum atomic E-state index is 12.8. The molecule has 124 valence electrons. The zero-order valence-electron chi connectivity index (χ0n) is 13.5. The molecule has 4 nitrogen and oxygen atoms in total. The van der Waals surface area contributed by atoms with Gasteiger partial charge in [-0.3, -0.25) is 4.79 Å². The van der Waals surface area contributed by atoms with Crippen LogP contribution in [-0.4, -0.2) is 27.7 Å². The van der Waals surface area contributed by atoms with E-state index in [9.17, 15) is 4.79 Å². The number of hydrogen-bond acceptors (Lipinski definition) is 5. The number of amides is 1. The van der Waals surface area contributed by atoms with Gasteiger partial charge in [0.2, 0.25) is 5.91 Å². The number of alkyl halides is 1. The van der Waals surface area contributed by atoms with Gasteiger partial charge in [-0.2, -0.15) is 0 Å². The molecular weight excluding hydrogens is 350 g/mol. The van der Waals surface area contributed by atoms with Crippen molar-refractivity contribution in [2.75, 3.05) is 11.2 Å². The van der Waals surface area contributed by atoms with E-state index in [0.717, 1.165) is 27.0 Å². The lowest BCUT2D eigenvalue weighted by atomic mass is 10.1. The molecule has 0 N–H and O–H groups in total. The number of rotatable bonds is 7. The minimum Gasteiger partial charge on any atom is -0.304 e. The van der Waals surface area contributed by atoms with E-state index in [2.05, 4.69) is 17.1 Å². The summed E-state index contributed by atoms with van der Waals surface area (Å²) >= 11 is 9.29. The molecule has 7 heteroatoms. The monoisotopic (exact) mass is 369 g/mol. The predicted octanol–water partition coefficient (Wildman–Crippen LogP) is 4.37. The molecule has 23 heavy (non-hydrogen) atoms. The Kier molecular flexibility index (Phi) is 6.87. The van der Waals surface area contributed by atoms with Crippen molar-refractivity contribution < 1.29 is 4.79 Å². The molecule has 1 aromatic carbocycles. The van der Waals surface area contributed by atoms with Crippen LogP contribution in [0.3, 0.4) is 0 Å². The lowest BCUT2D eigenvalue weighted by Crippen LogP contribution is -2.36. The fourth-order valence-electron chi connectivity index (χ4n) is 2.22. The van der Waals surface area contributed by atoms with Crippen LogP contribution in [0, 0.1) is 0 Å². The number of aromatic nitrogens is 2. The number of hydrogen-bond donors (Lipinski definition) is 0. The highest BCUT2D eigenvalue weighted by Crippen LogP contribution is 2.27. The summed E-state index contributed by atoms with van der Waals surface area (Å²) in [5.74, 6) is -0.0871. The highest BCUT2D eigenvalue weighted by Gasteiger charge is 2.25. The van der Waals surface area contributed by atoms with Gasteiger partial charge in [0.1, 0.15) is 10.4 Å². The van der Waals surface area contributed by atoms with Gasteiger partial charge in [-0.15, -0.1) is 21.8 Å². The van der Waals surface area contributed by atoms with Crippen LogP contribution in [0.4, 0.5) is 5.69 Å². The molecule has 0 bridgehead atoms. The number of benzene rings is 1. The van der Waals surface area contributed by atoms with Gasteiger partial charge in [0, 0.05) is 5.69 Å². The van der Waals surface area contributed by atoms with E-state index in [1.165, 1.54) is 11.3 Å². The van der Waals surface area contributed by atoms with Crippen LogP contribution in [0.5, 0.6) is 0 Å². The van der Waals surface area contributed by atoms with Crippen LogP contribution >= 0.6 is 34.7 Å². The number of aryl methyl sites for hydroxylation is 1. The van der Waals surface area contributed by atoms with Crippen molar-refractivity contribution >= 4 is 46.3 Å². The quantitative estimate of drug-likeness (QED) is 0.537. The van der Waals surface area contributed by atoms with E-state index in [1.807, 2.05) is 37.4 Å². The van der Waals surface area contributed by atoms with E-state index in [-0.39, 0.29) is 5.91 Å². The van der Waals surface area contributed by atoms with E-state index in [4.69, 9.17) is 11.6 Å². The smallest absolute Gasteiger partial charge is 0.245 e. The summed E-state index contributed by atoms with van der Waals surface area (Å²) in [5.41, 5.74) is 2.02. The normalized spacial score (nSPS) is 12.2. The van der Waals surface area contributed by atoms with Gasteiger partial charge in [-0.05, 0) is 30.7 Å². The molecule has 0 saturated heterocycles. The van der Waals surface area contributed by atoms with E-state index >= 15 is 0 Å². The first-order chi connectivity index (χ1) is 11.1. The number of anilines is 1. The average Bonchev–Trinajstić information content (AvgIpc) is 3.06. The topological polar surface area (TPSA) is 46.1 Å². The van der Waals surface area contributed by atoms with Crippen molar-refractivity contribution in [3.8, 4) is 0 Å². The molecule has 0 spiro atoms. The summed E-state index contributed by atoms with van der Waals surface area (Å²) in [5, 5.41) is 8.57. The lowest BCUT2D eigenvalue weighted by molar-refractivity contribution is -0.118. The van der Waals surface area contributed by atoms with Crippen LogP contribution in [0.15, 0.2) is 28.6 Å². The number of carbonyl (C=O) groups is 1. The standard InChI is InChI=1S/C16H20ClN3OS2/c1-4-11-8-6-7-9-13(11)20(15(21)12(17)5-2)10-14-18-19-16(22-3)23-14/h6-9,12H,4-5,10H2,1-3H3. The number of thioether (sulfide) groups is 1. The molecule has 1 amide bonds. The van der Waals surface area contributed by atoms with Gasteiger partial charge in [-0.25, -0.2) is 0 Å². The summed E-state index contributed by atoms with van der Waals surface area (Å²) in [4.78, 5) is 14.5. The summed E-state index contributed by atoms with van der Waals surface area (Å²) < 4.78 is 0.897. The summed E-state index contributed by atoms with van der Waals surface area (Å²) in [6.07, 6.45) is 3.41. The molecule has 0 aliphatic heterocycles. The van der Waals surface area contributed by atoms with Gasteiger partial charge in [0.25, 0.3) is 0 Å². The van der Waals surface area contributed by atoms with Gasteiger partial charge in [0.05, 0.1) is 6.54 Å². The number of para-hydroxylation sites is 1. The van der Waals surface area contributed by atoms with Crippen LogP contribution in [0.1, 0.15) is 30.8 Å². The number of nitrogens with zero attached hydrogens (tertiary/aromatic N) is 3. The van der Waals surface area contributed by atoms with E-state index in [0.29, 0.717) is 13.0 Å². The molecule has 0 aliphatic rings. The summed E-state index contributed by atoms with van der Waals surface area (Å²) in [6.45, 7) is 4.39. The average molecular weight is 370 g/mol. The molecule has 0 aliphatic carbocycles. The molecule has 1 heterocycles. The van der Waals surface area contributed by atoms with Crippen LogP contribution in [0.2, 0.25) is 0 Å². The second kappa shape index (κ2) is 8.66. The molecule has 0 fully saturated rings. The minimum atomic E-state index is -0.534. The highest BCUT2D eigenvalue weighted by atomic mass is 35.5. The predicted molar refractivity (Wildman–Crippen MR) is 98.6 cm³/mol. The third-order valence-electron chi connectivity index (χ3n) is 3.47. The first kappa shape index (κ1) is 18.2. The number of halogens is 1. The third-order valence-corrected chi connectivity index (χ3v) is 5.85. The van der Waals surface area contributed by atoms with Crippen molar-refractivity contribution in [3.63, 3.8) is 0 Å². The number of carbonyl (C=O) groups excluding carboxylic acids is 1. The zero-order chi connectivity index (χ0) is 16.8. The van der Waals surface area contributed by atoms with Crippen LogP contribution in [0.25, 0.3) is 0 Å². The van der Waals surface area contributed by atoms with Crippen LogP contribution in [-0.2, 0) is 17.8 Å². The maximum absolute atomic E-state index is 12.8. The van der Waals surface area contributed by atoms with Crippen molar-refractivity contribution in [3.05, 3.63) is 34.8 Å². The maximum Gasteiger partial charge on any atom is 0.245 e. The SMILES string of the molecule is CCc1ccccc1N(Cc1nnc(SC)s1)C(=O)C(Cl)CC. The Bertz CT molecular complexity index is 662. The Morgan fingerprint density at radius 2 is 2.09 bits per heavy atom. The Hall–Kier alpha value is -1.11. The highest BCUT2D eigenvalue weighted by molar-refractivity contribution is 8.00. The molecule has 0 saturated carbocycles. The largest absolute Gasteiger partial charge is 0.304 e. The molecule has 0 radical (unpaired) electrons. The molecule has 2 rings (SSSR count). The fourth-order valence-corrected chi connectivity index (χ4v) is 3.64. The second-order valence-corrected chi connectivity index (χ2v) is 7.59. The fraction of sp³-hybridized carbons (Fsp3) is 0.438. The van der Waals surface area contributed by atoms with E-state index in [1.54, 1.807) is 16.7 Å². The van der Waals surface area contributed by atoms with Gasteiger partial charge < -0.3 is 4.90 Å². The van der Waals surface area contributed by atoms with Crippen molar-refractivity contribution in [2.24, 2.45) is 0 Å². The first-order valence-corrected chi connectivity index (χ1v) is 9.98.